The van der Waals surface area contributed by atoms with Crippen molar-refractivity contribution in [3.8, 4) is 0 Å². The van der Waals surface area contributed by atoms with Crippen LogP contribution in [-0.4, -0.2) is 30.1 Å². The molecule has 1 atom stereocenters. The van der Waals surface area contributed by atoms with Crippen molar-refractivity contribution >= 4 is 26.4 Å². The van der Waals surface area contributed by atoms with Gasteiger partial charge < -0.3 is 29.6 Å². The van der Waals surface area contributed by atoms with E-state index in [4.69, 9.17) is 28.3 Å². The minimum atomic E-state index is -4.08. The molecule has 0 heterocycles. The number of hydrogen-bond acceptors (Lipinski definition) is 5. The summed E-state index contributed by atoms with van der Waals surface area (Å²) in [5, 5.41) is 15.3. The van der Waals surface area contributed by atoms with Crippen LogP contribution in [0.1, 0.15) is 0 Å². The van der Waals surface area contributed by atoms with Gasteiger partial charge in [-0.2, -0.15) is 0 Å². The molecule has 0 aromatic rings. The Morgan fingerprint density at radius 2 is 1.42 bits per heavy atom. The van der Waals surface area contributed by atoms with E-state index in [0.717, 1.165) is 0 Å². The van der Waals surface area contributed by atoms with Crippen LogP contribution in [0.25, 0.3) is 0 Å². The summed E-state index contributed by atoms with van der Waals surface area (Å²) in [5.41, 5.74) is 0. The summed E-state index contributed by atoms with van der Waals surface area (Å²) in [7, 11) is -4.08. The maximum Gasteiger partial charge on any atom is 1.00 e. The van der Waals surface area contributed by atoms with E-state index in [1.165, 1.54) is 0 Å². The van der Waals surface area contributed by atoms with Crippen LogP contribution in [0.5, 0.6) is 0 Å². The zero-order valence-corrected chi connectivity index (χ0v) is 12.0. The first kappa shape index (κ1) is 29.2. The fourth-order valence-electron chi connectivity index (χ4n) is 0. The van der Waals surface area contributed by atoms with E-state index in [1.54, 1.807) is 0 Å². The maximum absolute atomic E-state index is 9.00. The Morgan fingerprint density at radius 3 is 1.42 bits per heavy atom. The third kappa shape index (κ3) is 552. The molecule has 0 aliphatic rings. The van der Waals surface area contributed by atoms with Gasteiger partial charge in [0, 0.05) is 0 Å². The van der Waals surface area contributed by atoms with E-state index in [1.807, 2.05) is 0 Å². The van der Waals surface area contributed by atoms with Crippen molar-refractivity contribution in [2.45, 2.75) is 0 Å². The second kappa shape index (κ2) is 15.0. The molecule has 0 fully saturated rings. The van der Waals surface area contributed by atoms with Gasteiger partial charge in [0.2, 0.25) is 6.16 Å². The smallest absolute Gasteiger partial charge is 0.748 e. The molecule has 0 aromatic heterocycles. The Balaban J connectivity index is -0.0000000221. The average Bonchev–Trinajstić information content (AvgIpc) is 1.19. The predicted molar refractivity (Wildman–Crippen MR) is 30.6 cm³/mol. The van der Waals surface area contributed by atoms with Crippen molar-refractivity contribution in [1.29, 1.82) is 0 Å². The summed E-state index contributed by atoms with van der Waals surface area (Å²) >= 11 is 3.35. The Morgan fingerprint density at radius 1 is 1.42 bits per heavy atom. The Bertz CT molecular complexity index is 162. The molecule has 0 radical (unpaired) electrons. The first-order valence-electron chi connectivity index (χ1n) is 1.31. The Kier molecular flexibility index (Phi) is 36.5. The molecule has 1 unspecified atom stereocenters. The summed E-state index contributed by atoms with van der Waals surface area (Å²) in [6.45, 7) is 0. The van der Waals surface area contributed by atoms with Crippen molar-refractivity contribution in [3.05, 3.63) is 0 Å². The Labute approximate surface area is 118 Å². The van der Waals surface area contributed by atoms with Crippen molar-refractivity contribution in [3.63, 3.8) is 0 Å². The van der Waals surface area contributed by atoms with E-state index >= 15 is 0 Å². The van der Waals surface area contributed by atoms with Gasteiger partial charge >= 0.3 is 59.1 Å². The Hall–Kier alpha value is 1.52. The van der Waals surface area contributed by atoms with Crippen LogP contribution >= 0.6 is 0 Å². The normalized spacial score (nSPS) is 10.8. The average molecular weight is 238 g/mol. The minimum absolute atomic E-state index is 0. The number of carboxylic acid groups (broad SMARTS) is 2. The molecule has 64 valence electrons. The van der Waals surface area contributed by atoms with Gasteiger partial charge in [0.05, 0.1) is 9.05 Å². The van der Waals surface area contributed by atoms with Crippen LogP contribution in [0, 0.1) is 0 Å². The number of rotatable bonds is 0. The second-order valence-electron chi connectivity index (χ2n) is 0.694. The summed E-state index contributed by atoms with van der Waals surface area (Å²) in [4.78, 5) is 8.44. The zero-order valence-electron chi connectivity index (χ0n) is 6.34. The molecule has 4 N–H and O–H groups in total. The van der Waals surface area contributed by atoms with Crippen LogP contribution in [0.3, 0.4) is 0 Å². The van der Waals surface area contributed by atoms with E-state index in [-0.39, 0.29) is 64.6 Å². The van der Waals surface area contributed by atoms with E-state index in [0.29, 0.717) is 0 Å². The molecule has 0 rings (SSSR count). The van der Waals surface area contributed by atoms with Gasteiger partial charge in [-0.1, -0.05) is 0 Å². The van der Waals surface area contributed by atoms with E-state index < -0.39 is 15.2 Å². The van der Waals surface area contributed by atoms with E-state index in [9.17, 15) is 0 Å². The molecule has 0 aliphatic heterocycles. The third-order valence-corrected chi connectivity index (χ3v) is 0. The SMILES string of the molecule is O.O=C([O-])O.O=S([O-])(O)=S.[Na+].[Na+]. The molecule has 0 aliphatic carbocycles. The summed E-state index contributed by atoms with van der Waals surface area (Å²) in [5.74, 6) is 0. The molecule has 7 nitrogen and oxygen atoms in total. The van der Waals surface area contributed by atoms with Gasteiger partial charge in [0.15, 0.2) is 0 Å². The maximum atomic E-state index is 9.00. The molecule has 0 aromatic carbocycles. The summed E-state index contributed by atoms with van der Waals surface area (Å²) in [6, 6.07) is 0. The van der Waals surface area contributed by atoms with Crippen LogP contribution < -0.4 is 64.2 Å². The molecule has 0 saturated carbocycles. The summed E-state index contributed by atoms with van der Waals surface area (Å²) < 4.78 is 25.3. The summed E-state index contributed by atoms with van der Waals surface area (Å²) in [6.07, 6.45) is -2.08. The van der Waals surface area contributed by atoms with Gasteiger partial charge in [0.1, 0.15) is 0 Å². The largest absolute Gasteiger partial charge is 1.00 e. The zero-order chi connectivity index (χ0) is 8.08. The fourth-order valence-corrected chi connectivity index (χ4v) is 0. The molecule has 12 heavy (non-hydrogen) atoms. The van der Waals surface area contributed by atoms with Crippen molar-refractivity contribution in [2.75, 3.05) is 0 Å². The van der Waals surface area contributed by atoms with Crippen LogP contribution in [0.15, 0.2) is 0 Å². The van der Waals surface area contributed by atoms with Gasteiger partial charge in [0.25, 0.3) is 0 Å². The first-order valence-corrected chi connectivity index (χ1v) is 3.68. The molecule has 0 amide bonds. The number of hydrogen-bond donors (Lipinski definition) is 2. The van der Waals surface area contributed by atoms with Gasteiger partial charge in [-0.3, -0.25) is 0 Å². The standard InChI is InChI=1S/CH2O3.2Na.H2O3S2.H2O/c2-1(3)4;;;1-5(2,3)4;/h(H2,2,3,4);;;(H2,1,2,3,4);1H2/q;2*+1;;/p-2. The molecule has 0 saturated heterocycles. The predicted octanol–water partition coefficient (Wildman–Crippen LogP) is -8.59. The second-order valence-corrected chi connectivity index (χ2v) is 2.81. The molecular formula is CH4Na2O7S2. The topological polar surface area (TPSA) is 152 Å². The van der Waals surface area contributed by atoms with Crippen molar-refractivity contribution < 1.29 is 92.9 Å². The molecule has 0 bridgehead atoms. The molecular weight excluding hydrogens is 234 g/mol. The minimum Gasteiger partial charge on any atom is -0.748 e. The van der Waals surface area contributed by atoms with Gasteiger partial charge in [-0.15, -0.1) is 0 Å². The molecule has 11 heteroatoms. The van der Waals surface area contributed by atoms with Gasteiger partial charge in [-0.05, 0) is 11.2 Å². The monoisotopic (exact) mass is 238 g/mol. The van der Waals surface area contributed by atoms with Crippen LogP contribution in [0.2, 0.25) is 0 Å². The number of carbonyl (C=O) groups is 1. The van der Waals surface area contributed by atoms with Crippen LogP contribution in [-0.2, 0) is 20.2 Å². The third-order valence-electron chi connectivity index (χ3n) is 0. The van der Waals surface area contributed by atoms with E-state index in [2.05, 4.69) is 11.2 Å². The van der Waals surface area contributed by atoms with Crippen LogP contribution in [0.4, 0.5) is 4.79 Å². The first-order chi connectivity index (χ1) is 3.73. The molecule has 0 spiro atoms. The van der Waals surface area contributed by atoms with Crippen molar-refractivity contribution in [2.24, 2.45) is 0 Å². The van der Waals surface area contributed by atoms with Gasteiger partial charge in [-0.25, -0.2) is 4.21 Å². The quantitative estimate of drug-likeness (QED) is 0.397. The van der Waals surface area contributed by atoms with Crippen molar-refractivity contribution in [1.82, 2.24) is 0 Å². The fraction of sp³-hybridized carbons (Fsp3) is 0.